The molecule has 0 bridgehead atoms. The van der Waals surface area contributed by atoms with Crippen LogP contribution in [0.5, 0.6) is 0 Å². The summed E-state index contributed by atoms with van der Waals surface area (Å²) < 4.78 is 0. The van der Waals surface area contributed by atoms with Crippen molar-refractivity contribution >= 4 is 43.9 Å². The molecule has 0 radical (unpaired) electrons. The Labute approximate surface area is 63.1 Å². The van der Waals surface area contributed by atoms with Crippen LogP contribution in [-0.4, -0.2) is 54.1 Å². The molecular weight excluding hydrogens is 100 g/mol. The van der Waals surface area contributed by atoms with Crippen LogP contribution in [0.4, 0.5) is 4.79 Å². The minimum atomic E-state index is -1.83. The predicted molar refractivity (Wildman–Crippen MR) is 19.7 cm³/mol. The van der Waals surface area contributed by atoms with E-state index < -0.39 is 6.16 Å². The molecule has 2 N–H and O–H groups in total. The third kappa shape index (κ3) is 103. The zero-order valence-electron chi connectivity index (χ0n) is 5.51. The Morgan fingerprint density at radius 3 is 1.80 bits per heavy atom. The second-order valence-electron chi connectivity index (χ2n) is 0.283. The zero-order valence-corrected chi connectivity index (χ0v) is 4.72. The number of rotatable bonds is 0. The van der Waals surface area contributed by atoms with Crippen molar-refractivity contribution in [1.82, 2.24) is 0 Å². The summed E-state index contributed by atoms with van der Waals surface area (Å²) in [5, 5.41) is 13.9. The van der Waals surface area contributed by atoms with E-state index in [-0.39, 0.29) is 42.0 Å². The second-order valence-corrected chi connectivity index (χ2v) is 0.283. The van der Waals surface area contributed by atoms with Gasteiger partial charge in [0, 0.05) is 0 Å². The first kappa shape index (κ1) is 9.11. The fourth-order valence-electron chi connectivity index (χ4n) is 0. The Bertz CT molecular complexity index is 37.5. The molecule has 0 aromatic heterocycles. The molecule has 0 saturated carbocycles. The van der Waals surface area contributed by atoms with E-state index in [9.17, 15) is 0 Å². The smallest absolute Gasteiger partial charge is 1.00 e. The first-order valence-electron chi connectivity index (χ1n) is 0.651. The van der Waals surface area contributed by atoms with Gasteiger partial charge >= 0.3 is 45.3 Å². The van der Waals surface area contributed by atoms with Crippen LogP contribution in [0, 0.1) is 0 Å². The molecular formula is CH5CaO3+. The molecule has 0 spiro atoms. The predicted octanol–water partition coefficient (Wildman–Crippen LogP) is 0.179. The molecule has 0 unspecified atom stereocenters. The van der Waals surface area contributed by atoms with Gasteiger partial charge in [0.25, 0.3) is 0 Å². The van der Waals surface area contributed by atoms with Crippen LogP contribution < -0.4 is 0 Å². The van der Waals surface area contributed by atoms with E-state index in [4.69, 9.17) is 15.0 Å². The molecule has 0 aliphatic carbocycles. The Hall–Kier alpha value is 0.530. The van der Waals surface area contributed by atoms with E-state index in [0.717, 1.165) is 0 Å². The molecule has 0 aliphatic rings. The number of hydrogen-bond donors (Lipinski definition) is 2. The van der Waals surface area contributed by atoms with E-state index in [1.54, 1.807) is 0 Å². The van der Waals surface area contributed by atoms with E-state index in [1.807, 2.05) is 0 Å². The summed E-state index contributed by atoms with van der Waals surface area (Å²) in [7, 11) is 0. The molecule has 28 valence electrons. The third-order valence-electron chi connectivity index (χ3n) is 0. The van der Waals surface area contributed by atoms with Crippen LogP contribution in [0.15, 0.2) is 0 Å². The summed E-state index contributed by atoms with van der Waals surface area (Å²) in [6.07, 6.45) is -1.83. The first-order valence-corrected chi connectivity index (χ1v) is 0.651. The average Bonchev–Trinajstić information content (AvgIpc) is 0.811. The van der Waals surface area contributed by atoms with Gasteiger partial charge in [-0.15, -0.1) is 0 Å². The summed E-state index contributed by atoms with van der Waals surface area (Å²) in [5.41, 5.74) is 0. The van der Waals surface area contributed by atoms with Gasteiger partial charge in [-0.3, -0.25) is 0 Å². The molecule has 0 fully saturated rings. The molecule has 4 heteroatoms. The minimum Gasteiger partial charge on any atom is -1.00 e. The van der Waals surface area contributed by atoms with Gasteiger partial charge < -0.3 is 13.1 Å². The van der Waals surface area contributed by atoms with Gasteiger partial charge in [0.15, 0.2) is 0 Å². The summed E-state index contributed by atoms with van der Waals surface area (Å²) in [5.74, 6) is 0. The average molecular weight is 105 g/mol. The van der Waals surface area contributed by atoms with Gasteiger partial charge in [0.05, 0.1) is 0 Å². The molecule has 0 saturated heterocycles. The normalized spacial score (nSPS) is 4.80. The molecule has 0 aromatic carbocycles. The SMILES string of the molecule is O=C(O)O.[Ca+2].[H+].[H-].[H-]. The number of carboxylic acid groups (broad SMARTS) is 2. The van der Waals surface area contributed by atoms with Gasteiger partial charge in [-0.05, 0) is 0 Å². The Balaban J connectivity index is -0.00000000750. The van der Waals surface area contributed by atoms with E-state index >= 15 is 0 Å². The fourth-order valence-corrected chi connectivity index (χ4v) is 0. The van der Waals surface area contributed by atoms with Crippen molar-refractivity contribution in [1.29, 1.82) is 0 Å². The Kier molecular flexibility index (Phi) is 8.25. The fraction of sp³-hybridized carbons (Fsp3) is 0. The van der Waals surface area contributed by atoms with Crippen LogP contribution in [0.25, 0.3) is 0 Å². The number of hydrogen-bond acceptors (Lipinski definition) is 1. The summed E-state index contributed by atoms with van der Waals surface area (Å²) >= 11 is 0. The zero-order chi connectivity index (χ0) is 3.58. The molecule has 0 aliphatic heterocycles. The van der Waals surface area contributed by atoms with Crippen molar-refractivity contribution in [3.63, 3.8) is 0 Å². The van der Waals surface area contributed by atoms with Crippen molar-refractivity contribution in [2.75, 3.05) is 0 Å². The van der Waals surface area contributed by atoms with Crippen LogP contribution in [0.3, 0.4) is 0 Å². The maximum atomic E-state index is 8.56. The van der Waals surface area contributed by atoms with Crippen molar-refractivity contribution in [3.05, 3.63) is 0 Å². The molecule has 0 aromatic rings. The van der Waals surface area contributed by atoms with Gasteiger partial charge in [0.1, 0.15) is 0 Å². The second kappa shape index (κ2) is 4.53. The molecule has 5 heavy (non-hydrogen) atoms. The standard InChI is InChI=1S/CH2O3.Ca.2H/c2-1(3)4;;;/h(H2,2,3,4);;;/q;+2;2*-1/p+1. The van der Waals surface area contributed by atoms with E-state index in [2.05, 4.69) is 0 Å². The van der Waals surface area contributed by atoms with Gasteiger partial charge in [0.2, 0.25) is 0 Å². The van der Waals surface area contributed by atoms with Gasteiger partial charge in [-0.2, -0.15) is 0 Å². The topological polar surface area (TPSA) is 57.5 Å². The summed E-state index contributed by atoms with van der Waals surface area (Å²) in [4.78, 5) is 8.56. The van der Waals surface area contributed by atoms with E-state index in [1.165, 1.54) is 0 Å². The maximum absolute atomic E-state index is 8.56. The monoisotopic (exact) mass is 105 g/mol. The minimum absolute atomic E-state index is 0. The molecule has 0 amide bonds. The van der Waals surface area contributed by atoms with Crippen LogP contribution in [-0.2, 0) is 0 Å². The maximum Gasteiger partial charge on any atom is 2.00 e. The van der Waals surface area contributed by atoms with Crippen molar-refractivity contribution in [3.8, 4) is 0 Å². The first-order chi connectivity index (χ1) is 1.73. The summed E-state index contributed by atoms with van der Waals surface area (Å²) in [6, 6.07) is 0. The van der Waals surface area contributed by atoms with Crippen molar-refractivity contribution < 1.29 is 19.3 Å². The van der Waals surface area contributed by atoms with Gasteiger partial charge in [-0.25, -0.2) is 4.79 Å². The Morgan fingerprint density at radius 2 is 1.80 bits per heavy atom. The van der Waals surface area contributed by atoms with Crippen LogP contribution >= 0.6 is 0 Å². The van der Waals surface area contributed by atoms with Crippen molar-refractivity contribution in [2.24, 2.45) is 0 Å². The largest absolute Gasteiger partial charge is 2.00 e. The van der Waals surface area contributed by atoms with Crippen LogP contribution in [0.2, 0.25) is 0 Å². The quantitative estimate of drug-likeness (QED) is 0.432. The molecule has 0 heterocycles. The van der Waals surface area contributed by atoms with E-state index in [0.29, 0.717) is 0 Å². The molecule has 0 rings (SSSR count). The van der Waals surface area contributed by atoms with Crippen LogP contribution in [0.1, 0.15) is 4.28 Å². The van der Waals surface area contributed by atoms with Gasteiger partial charge in [-0.1, -0.05) is 0 Å². The molecule has 3 nitrogen and oxygen atoms in total. The summed E-state index contributed by atoms with van der Waals surface area (Å²) in [6.45, 7) is 0. The molecule has 0 atom stereocenters. The Morgan fingerprint density at radius 1 is 1.80 bits per heavy atom. The van der Waals surface area contributed by atoms with Crippen molar-refractivity contribution in [2.45, 2.75) is 0 Å². The number of carbonyl (C=O) groups is 1. The third-order valence-corrected chi connectivity index (χ3v) is 0.